The zero-order valence-corrected chi connectivity index (χ0v) is 14.0. The quantitative estimate of drug-likeness (QED) is 0.700. The van der Waals surface area contributed by atoms with Crippen molar-refractivity contribution in [2.75, 3.05) is 18.6 Å². The highest BCUT2D eigenvalue weighted by Gasteiger charge is 2.38. The van der Waals surface area contributed by atoms with Crippen molar-refractivity contribution in [3.05, 3.63) is 53.7 Å². The third-order valence-corrected chi connectivity index (χ3v) is 3.19. The number of nitrogens with zero attached hydrogens (tertiary/aromatic N) is 1. The predicted octanol–water partition coefficient (Wildman–Crippen LogP) is 3.16. The van der Waals surface area contributed by atoms with Crippen molar-refractivity contribution in [2.45, 2.75) is 19.7 Å². The Labute approximate surface area is 148 Å². The Bertz CT molecular complexity index is 724. The van der Waals surface area contributed by atoms with E-state index < -0.39 is 29.2 Å². The van der Waals surface area contributed by atoms with Crippen LogP contribution in [0.15, 0.2) is 42.6 Å². The Hall–Kier alpha value is -2.81. The summed E-state index contributed by atoms with van der Waals surface area (Å²) < 4.78 is 50.6. The summed E-state index contributed by atoms with van der Waals surface area (Å²) in [4.78, 5) is 15.1. The smallest absolute Gasteiger partial charge is 0.423 e. The minimum absolute atomic E-state index is 0.0376. The van der Waals surface area contributed by atoms with E-state index in [9.17, 15) is 18.0 Å². The van der Waals surface area contributed by atoms with Gasteiger partial charge in [0.1, 0.15) is 24.5 Å². The molecule has 0 unspecified atom stereocenters. The standard InChI is InChI=1S/C17H18F3N3O3/c1-2-25-11-14(24)22-23-16-15(17(18,19)20)13(8-9-21-16)26-10-12-6-4-3-5-7-12/h3-9H,2,10-11H2,1H3,(H,21,23)(H,22,24). The lowest BCUT2D eigenvalue weighted by Crippen LogP contribution is -2.34. The van der Waals surface area contributed by atoms with Crippen LogP contribution in [0.1, 0.15) is 18.1 Å². The Morgan fingerprint density at radius 2 is 1.92 bits per heavy atom. The molecule has 0 radical (unpaired) electrons. The van der Waals surface area contributed by atoms with Crippen molar-refractivity contribution in [1.82, 2.24) is 10.4 Å². The maximum Gasteiger partial charge on any atom is 0.423 e. The Kier molecular flexibility index (Phi) is 6.79. The largest absolute Gasteiger partial charge is 0.488 e. The highest BCUT2D eigenvalue weighted by Crippen LogP contribution is 2.40. The topological polar surface area (TPSA) is 72.5 Å². The molecule has 2 aromatic rings. The molecule has 0 bridgehead atoms. The molecule has 1 aromatic carbocycles. The van der Waals surface area contributed by atoms with Gasteiger partial charge in [0.15, 0.2) is 5.82 Å². The molecule has 0 saturated carbocycles. The van der Waals surface area contributed by atoms with Gasteiger partial charge in [0.2, 0.25) is 0 Å². The number of anilines is 1. The van der Waals surface area contributed by atoms with Gasteiger partial charge in [-0.1, -0.05) is 30.3 Å². The number of hydrogen-bond acceptors (Lipinski definition) is 5. The number of aromatic nitrogens is 1. The molecule has 140 valence electrons. The molecule has 0 aliphatic heterocycles. The molecule has 6 nitrogen and oxygen atoms in total. The molecule has 2 rings (SSSR count). The summed E-state index contributed by atoms with van der Waals surface area (Å²) in [6.07, 6.45) is -3.57. The molecule has 0 spiro atoms. The highest BCUT2D eigenvalue weighted by atomic mass is 19.4. The van der Waals surface area contributed by atoms with E-state index in [1.807, 2.05) is 0 Å². The number of hydrogen-bond donors (Lipinski definition) is 2. The fraction of sp³-hybridized carbons (Fsp3) is 0.294. The Morgan fingerprint density at radius 1 is 1.19 bits per heavy atom. The number of carbonyl (C=O) groups is 1. The van der Waals surface area contributed by atoms with Crippen LogP contribution in [0.2, 0.25) is 0 Å². The van der Waals surface area contributed by atoms with Gasteiger partial charge in [-0.05, 0) is 18.6 Å². The lowest BCUT2D eigenvalue weighted by molar-refractivity contribution is -0.138. The number of carbonyl (C=O) groups excluding carboxylic acids is 1. The summed E-state index contributed by atoms with van der Waals surface area (Å²) in [6, 6.07) is 9.92. The van der Waals surface area contributed by atoms with Gasteiger partial charge in [0.05, 0.1) is 0 Å². The maximum absolute atomic E-state index is 13.5. The molecule has 9 heteroatoms. The van der Waals surface area contributed by atoms with E-state index >= 15 is 0 Å². The first-order valence-corrected chi connectivity index (χ1v) is 7.77. The number of pyridine rings is 1. The summed E-state index contributed by atoms with van der Waals surface area (Å²) >= 11 is 0. The van der Waals surface area contributed by atoms with Crippen LogP contribution in [0, 0.1) is 0 Å². The Morgan fingerprint density at radius 3 is 2.58 bits per heavy atom. The summed E-state index contributed by atoms with van der Waals surface area (Å²) in [5, 5.41) is 0. The van der Waals surface area contributed by atoms with E-state index in [1.165, 1.54) is 0 Å². The number of nitrogens with one attached hydrogen (secondary N) is 2. The van der Waals surface area contributed by atoms with Crippen molar-refractivity contribution in [3.63, 3.8) is 0 Å². The van der Waals surface area contributed by atoms with Gasteiger partial charge < -0.3 is 9.47 Å². The number of amides is 1. The van der Waals surface area contributed by atoms with E-state index in [4.69, 9.17) is 9.47 Å². The number of halogens is 3. The molecular weight excluding hydrogens is 351 g/mol. The fourth-order valence-corrected chi connectivity index (χ4v) is 2.03. The number of hydrazine groups is 1. The second-order valence-electron chi connectivity index (χ2n) is 5.12. The second kappa shape index (κ2) is 9.04. The maximum atomic E-state index is 13.5. The van der Waals surface area contributed by atoms with Gasteiger partial charge in [-0.15, -0.1) is 0 Å². The molecule has 0 saturated heterocycles. The normalized spacial score (nSPS) is 11.1. The van der Waals surface area contributed by atoms with Gasteiger partial charge in [0.25, 0.3) is 5.91 Å². The van der Waals surface area contributed by atoms with Crippen molar-refractivity contribution < 1.29 is 27.4 Å². The van der Waals surface area contributed by atoms with Crippen LogP contribution < -0.4 is 15.6 Å². The summed E-state index contributed by atoms with van der Waals surface area (Å²) in [5.41, 5.74) is 3.91. The van der Waals surface area contributed by atoms with Crippen LogP contribution in [0.4, 0.5) is 19.0 Å². The van der Waals surface area contributed by atoms with Crippen LogP contribution in [0.25, 0.3) is 0 Å². The van der Waals surface area contributed by atoms with Crippen LogP contribution in [0.5, 0.6) is 5.75 Å². The molecular formula is C17H18F3N3O3. The van der Waals surface area contributed by atoms with Crippen molar-refractivity contribution in [3.8, 4) is 5.75 Å². The van der Waals surface area contributed by atoms with Crippen molar-refractivity contribution in [1.29, 1.82) is 0 Å². The first kappa shape index (κ1) is 19.5. The molecule has 0 aliphatic rings. The average molecular weight is 369 g/mol. The predicted molar refractivity (Wildman–Crippen MR) is 88.3 cm³/mol. The fourth-order valence-electron chi connectivity index (χ4n) is 2.03. The average Bonchev–Trinajstić information content (AvgIpc) is 2.62. The van der Waals surface area contributed by atoms with Crippen LogP contribution >= 0.6 is 0 Å². The van der Waals surface area contributed by atoms with E-state index in [2.05, 4.69) is 15.8 Å². The van der Waals surface area contributed by atoms with E-state index in [0.717, 1.165) is 17.8 Å². The van der Waals surface area contributed by atoms with Gasteiger partial charge in [-0.25, -0.2) is 4.98 Å². The third-order valence-electron chi connectivity index (χ3n) is 3.19. The number of benzene rings is 1. The van der Waals surface area contributed by atoms with E-state index in [-0.39, 0.29) is 13.2 Å². The van der Waals surface area contributed by atoms with E-state index in [1.54, 1.807) is 37.3 Å². The summed E-state index contributed by atoms with van der Waals surface area (Å²) in [5.74, 6) is -1.58. The van der Waals surface area contributed by atoms with Gasteiger partial charge in [0, 0.05) is 12.8 Å². The number of alkyl halides is 3. The molecule has 1 amide bonds. The molecule has 2 N–H and O–H groups in total. The molecule has 1 aromatic heterocycles. The van der Waals surface area contributed by atoms with Crippen molar-refractivity contribution >= 4 is 11.7 Å². The van der Waals surface area contributed by atoms with Crippen LogP contribution in [0.3, 0.4) is 0 Å². The Balaban J connectivity index is 2.16. The van der Waals surface area contributed by atoms with Gasteiger partial charge >= 0.3 is 6.18 Å². The summed E-state index contributed by atoms with van der Waals surface area (Å²) in [7, 11) is 0. The van der Waals surface area contributed by atoms with Gasteiger partial charge in [-0.2, -0.15) is 13.2 Å². The molecule has 0 aliphatic carbocycles. The molecule has 0 atom stereocenters. The monoisotopic (exact) mass is 369 g/mol. The van der Waals surface area contributed by atoms with Crippen LogP contribution in [-0.4, -0.2) is 24.1 Å². The highest BCUT2D eigenvalue weighted by molar-refractivity contribution is 5.78. The molecule has 26 heavy (non-hydrogen) atoms. The first-order chi connectivity index (χ1) is 12.4. The minimum atomic E-state index is -4.73. The lowest BCUT2D eigenvalue weighted by Gasteiger charge is -2.18. The SMILES string of the molecule is CCOCC(=O)NNc1nccc(OCc2ccccc2)c1C(F)(F)F. The second-order valence-corrected chi connectivity index (χ2v) is 5.12. The minimum Gasteiger partial charge on any atom is -0.488 e. The summed E-state index contributed by atoms with van der Waals surface area (Å²) in [6.45, 7) is 1.68. The molecule has 0 fully saturated rings. The first-order valence-electron chi connectivity index (χ1n) is 7.77. The zero-order valence-electron chi connectivity index (χ0n) is 14.0. The lowest BCUT2D eigenvalue weighted by atomic mass is 10.2. The number of rotatable bonds is 8. The zero-order chi connectivity index (χ0) is 19.0. The third kappa shape index (κ3) is 5.62. The van der Waals surface area contributed by atoms with E-state index in [0.29, 0.717) is 6.61 Å². The van der Waals surface area contributed by atoms with Crippen LogP contribution in [-0.2, 0) is 22.3 Å². The molecule has 1 heterocycles. The van der Waals surface area contributed by atoms with Gasteiger partial charge in [-0.3, -0.25) is 15.6 Å². The number of ether oxygens (including phenoxy) is 2. The van der Waals surface area contributed by atoms with Crippen molar-refractivity contribution in [2.24, 2.45) is 0 Å².